The monoisotopic (exact) mass is 457 g/mol. The molecule has 0 atom stereocenters. The molecule has 158 valence electrons. The van der Waals surface area contributed by atoms with Gasteiger partial charge in [0.05, 0.1) is 29.4 Å². The van der Waals surface area contributed by atoms with Crippen LogP contribution in [0.1, 0.15) is 5.69 Å². The lowest BCUT2D eigenvalue weighted by atomic mass is 10.2. The van der Waals surface area contributed by atoms with E-state index in [0.717, 1.165) is 22.0 Å². The molecule has 0 N–H and O–H groups in total. The second-order valence-electron chi connectivity index (χ2n) is 7.05. The number of rotatable bonds is 6. The van der Waals surface area contributed by atoms with Gasteiger partial charge in [0.15, 0.2) is 5.16 Å². The molecule has 0 unspecified atom stereocenters. The van der Waals surface area contributed by atoms with E-state index in [9.17, 15) is 4.79 Å². The summed E-state index contributed by atoms with van der Waals surface area (Å²) in [6, 6.07) is 25.0. The summed E-state index contributed by atoms with van der Waals surface area (Å²) in [5.74, 6) is 1.29. The van der Waals surface area contributed by atoms with Crippen LogP contribution in [0.3, 0.4) is 0 Å². The molecule has 0 aliphatic carbocycles. The van der Waals surface area contributed by atoms with Crippen LogP contribution in [0.5, 0.6) is 5.75 Å². The molecule has 0 saturated carbocycles. The van der Waals surface area contributed by atoms with E-state index in [-0.39, 0.29) is 5.56 Å². The molecule has 0 bridgehead atoms. The molecule has 0 radical (unpaired) electrons. The molecule has 32 heavy (non-hydrogen) atoms. The highest BCUT2D eigenvalue weighted by molar-refractivity contribution is 7.98. The van der Waals surface area contributed by atoms with Gasteiger partial charge in [0.25, 0.3) is 5.56 Å². The highest BCUT2D eigenvalue weighted by atomic mass is 32.2. The molecule has 2 aromatic heterocycles. The largest absolute Gasteiger partial charge is 0.497 e. The summed E-state index contributed by atoms with van der Waals surface area (Å²) in [7, 11) is 1.61. The fourth-order valence-corrected chi connectivity index (χ4v) is 5.25. The second kappa shape index (κ2) is 8.98. The maximum Gasteiger partial charge on any atom is 0.266 e. The summed E-state index contributed by atoms with van der Waals surface area (Å²) in [6.07, 6.45) is 0. The summed E-state index contributed by atoms with van der Waals surface area (Å²) in [4.78, 5) is 23.0. The molecule has 0 spiro atoms. The second-order valence-corrected chi connectivity index (χ2v) is 8.85. The third kappa shape index (κ3) is 4.04. The number of nitrogens with zero attached hydrogens (tertiary/aromatic N) is 3. The third-order valence-corrected chi connectivity index (χ3v) is 6.89. The number of aromatic nitrogens is 3. The highest BCUT2D eigenvalue weighted by Crippen LogP contribution is 2.29. The van der Waals surface area contributed by atoms with Crippen molar-refractivity contribution in [2.24, 2.45) is 0 Å². The van der Waals surface area contributed by atoms with Crippen molar-refractivity contribution in [2.75, 3.05) is 7.11 Å². The molecule has 2 heterocycles. The minimum absolute atomic E-state index is 0.102. The average molecular weight is 458 g/mol. The number of thiazole rings is 1. The van der Waals surface area contributed by atoms with E-state index in [1.807, 2.05) is 66.7 Å². The van der Waals surface area contributed by atoms with Crippen LogP contribution in [-0.2, 0) is 5.75 Å². The zero-order valence-corrected chi connectivity index (χ0v) is 18.9. The van der Waals surface area contributed by atoms with E-state index in [2.05, 4.69) is 17.5 Å². The molecule has 0 aliphatic rings. The van der Waals surface area contributed by atoms with Gasteiger partial charge in [-0.05, 0) is 24.3 Å². The molecule has 5 nitrogen and oxygen atoms in total. The van der Waals surface area contributed by atoms with Gasteiger partial charge in [-0.3, -0.25) is 9.36 Å². The number of benzene rings is 3. The summed E-state index contributed by atoms with van der Waals surface area (Å²) in [5.41, 5.74) is 3.36. The molecule has 0 amide bonds. The first-order chi connectivity index (χ1) is 15.7. The molecule has 0 aliphatic heterocycles. The van der Waals surface area contributed by atoms with Gasteiger partial charge >= 0.3 is 0 Å². The van der Waals surface area contributed by atoms with Gasteiger partial charge in [0.2, 0.25) is 0 Å². The molecule has 7 heteroatoms. The third-order valence-electron chi connectivity index (χ3n) is 4.98. The number of methoxy groups -OCH3 is 1. The molecular weight excluding hydrogens is 438 g/mol. The number of hydrogen-bond donors (Lipinski definition) is 0. The van der Waals surface area contributed by atoms with Crippen LogP contribution >= 0.6 is 23.1 Å². The Morgan fingerprint density at radius 1 is 0.969 bits per heavy atom. The van der Waals surface area contributed by atoms with E-state index in [4.69, 9.17) is 14.7 Å². The Kier molecular flexibility index (Phi) is 5.75. The van der Waals surface area contributed by atoms with E-state index < -0.39 is 0 Å². The van der Waals surface area contributed by atoms with Crippen molar-refractivity contribution in [1.82, 2.24) is 14.5 Å². The molecular formula is C25H19N3O2S2. The average Bonchev–Trinajstić information content (AvgIpc) is 3.32. The summed E-state index contributed by atoms with van der Waals surface area (Å²) >= 11 is 3.12. The van der Waals surface area contributed by atoms with Crippen molar-refractivity contribution in [1.29, 1.82) is 0 Å². The van der Waals surface area contributed by atoms with Gasteiger partial charge in [-0.2, -0.15) is 0 Å². The first-order valence-corrected chi connectivity index (χ1v) is 11.9. The molecule has 0 saturated heterocycles. The topological polar surface area (TPSA) is 57.0 Å². The zero-order valence-electron chi connectivity index (χ0n) is 17.3. The SMILES string of the molecule is COc1cccc(-n2c(SCc3csc(-c4ccccc4)n3)nc3ccccc3c2=O)c1. The van der Waals surface area contributed by atoms with E-state index in [0.29, 0.717) is 27.6 Å². The number of hydrogen-bond acceptors (Lipinski definition) is 6. The Hall–Kier alpha value is -3.42. The van der Waals surface area contributed by atoms with Crippen LogP contribution in [0.15, 0.2) is 94.2 Å². The lowest BCUT2D eigenvalue weighted by Gasteiger charge is -2.13. The summed E-state index contributed by atoms with van der Waals surface area (Å²) in [5, 5.41) is 4.25. The first kappa shape index (κ1) is 20.5. The predicted octanol–water partition coefficient (Wildman–Crippen LogP) is 5.81. The Bertz CT molecular complexity index is 1440. The van der Waals surface area contributed by atoms with Gasteiger partial charge < -0.3 is 4.74 Å². The van der Waals surface area contributed by atoms with Gasteiger partial charge in [0, 0.05) is 22.8 Å². The normalized spacial score (nSPS) is 11.0. The van der Waals surface area contributed by atoms with Crippen molar-refractivity contribution in [2.45, 2.75) is 10.9 Å². The maximum absolute atomic E-state index is 13.4. The number of thioether (sulfide) groups is 1. The first-order valence-electron chi connectivity index (χ1n) is 10.0. The van der Waals surface area contributed by atoms with Gasteiger partial charge in [-0.25, -0.2) is 9.97 Å². The number of ether oxygens (including phenoxy) is 1. The maximum atomic E-state index is 13.4. The fraction of sp³-hybridized carbons (Fsp3) is 0.0800. The van der Waals surface area contributed by atoms with Crippen LogP contribution in [0.25, 0.3) is 27.2 Å². The van der Waals surface area contributed by atoms with E-state index in [1.165, 1.54) is 11.8 Å². The molecule has 0 fully saturated rings. The Labute approximate surface area is 193 Å². The zero-order chi connectivity index (χ0) is 21.9. The van der Waals surface area contributed by atoms with Crippen LogP contribution in [-0.4, -0.2) is 21.6 Å². The van der Waals surface area contributed by atoms with Crippen LogP contribution in [0.2, 0.25) is 0 Å². The minimum Gasteiger partial charge on any atom is -0.497 e. The lowest BCUT2D eigenvalue weighted by Crippen LogP contribution is -2.21. The van der Waals surface area contributed by atoms with Crippen LogP contribution in [0.4, 0.5) is 0 Å². The highest BCUT2D eigenvalue weighted by Gasteiger charge is 2.15. The quantitative estimate of drug-likeness (QED) is 0.238. The lowest BCUT2D eigenvalue weighted by molar-refractivity contribution is 0.414. The van der Waals surface area contributed by atoms with Crippen LogP contribution < -0.4 is 10.3 Å². The van der Waals surface area contributed by atoms with Crippen molar-refractivity contribution in [3.8, 4) is 22.0 Å². The van der Waals surface area contributed by atoms with Crippen molar-refractivity contribution in [3.05, 3.63) is 100 Å². The summed E-state index contributed by atoms with van der Waals surface area (Å²) < 4.78 is 7.02. The van der Waals surface area contributed by atoms with Crippen molar-refractivity contribution >= 4 is 34.0 Å². The van der Waals surface area contributed by atoms with Crippen LogP contribution in [0, 0.1) is 0 Å². The van der Waals surface area contributed by atoms with Crippen molar-refractivity contribution in [3.63, 3.8) is 0 Å². The predicted molar refractivity (Wildman–Crippen MR) is 131 cm³/mol. The van der Waals surface area contributed by atoms with Crippen molar-refractivity contribution < 1.29 is 4.74 Å². The fourth-order valence-electron chi connectivity index (χ4n) is 3.41. The van der Waals surface area contributed by atoms with E-state index in [1.54, 1.807) is 23.0 Å². The Morgan fingerprint density at radius 2 is 1.78 bits per heavy atom. The van der Waals surface area contributed by atoms with Gasteiger partial charge in [-0.1, -0.05) is 60.3 Å². The number of fused-ring (bicyclic) bond motifs is 1. The Balaban J connectivity index is 1.53. The van der Waals surface area contributed by atoms with Gasteiger partial charge in [0.1, 0.15) is 10.8 Å². The summed E-state index contributed by atoms with van der Waals surface area (Å²) in [6.45, 7) is 0. The Morgan fingerprint density at radius 3 is 2.62 bits per heavy atom. The smallest absolute Gasteiger partial charge is 0.266 e. The number of para-hydroxylation sites is 1. The molecule has 5 aromatic rings. The molecule has 3 aromatic carbocycles. The standard InChI is InChI=1S/C25H19N3O2S2/c1-30-20-11-7-10-19(14-20)28-24(29)21-12-5-6-13-22(21)27-25(28)32-16-18-15-31-23(26-18)17-8-3-2-4-9-17/h2-15H,16H2,1H3. The minimum atomic E-state index is -0.102. The van der Waals surface area contributed by atoms with Gasteiger partial charge in [-0.15, -0.1) is 11.3 Å². The van der Waals surface area contributed by atoms with E-state index >= 15 is 0 Å². The molecule has 5 rings (SSSR count).